The molecule has 4 nitrogen and oxygen atoms in total. The lowest BCUT2D eigenvalue weighted by molar-refractivity contribution is 0.252. The van der Waals surface area contributed by atoms with Gasteiger partial charge in [0.1, 0.15) is 11.9 Å². The number of hydrogen-bond donors (Lipinski definition) is 1. The highest BCUT2D eigenvalue weighted by Crippen LogP contribution is 2.36. The number of amidine groups is 1. The number of nitrogens with zero attached hydrogens (tertiary/aromatic N) is 2. The molecule has 6 heteroatoms. The van der Waals surface area contributed by atoms with Crippen molar-refractivity contribution >= 4 is 40.8 Å². The molecule has 1 N–H and O–H groups in total. The minimum absolute atomic E-state index is 0.200. The van der Waals surface area contributed by atoms with E-state index in [0.29, 0.717) is 21.6 Å². The van der Waals surface area contributed by atoms with Gasteiger partial charge in [-0.25, -0.2) is 4.79 Å². The summed E-state index contributed by atoms with van der Waals surface area (Å²) in [6.45, 7) is 0. The Hall–Kier alpha value is -2.04. The van der Waals surface area contributed by atoms with Gasteiger partial charge in [0.15, 0.2) is 0 Å². The van der Waals surface area contributed by atoms with Crippen LogP contribution in [-0.4, -0.2) is 17.9 Å². The summed E-state index contributed by atoms with van der Waals surface area (Å²) in [5.74, 6) is 0.708. The normalized spacial score (nSPS) is 22.2. The molecular formula is C20H19Cl2N3O. The molecule has 1 aliphatic carbocycles. The number of urea groups is 1. The van der Waals surface area contributed by atoms with E-state index < -0.39 is 0 Å². The Labute approximate surface area is 162 Å². The van der Waals surface area contributed by atoms with Crippen molar-refractivity contribution < 1.29 is 4.79 Å². The number of benzene rings is 2. The first kappa shape index (κ1) is 17.4. The highest BCUT2D eigenvalue weighted by Gasteiger charge is 2.39. The van der Waals surface area contributed by atoms with Crippen LogP contribution in [0.3, 0.4) is 0 Å². The third kappa shape index (κ3) is 3.31. The van der Waals surface area contributed by atoms with Crippen molar-refractivity contribution in [3.63, 3.8) is 0 Å². The maximum atomic E-state index is 12.8. The van der Waals surface area contributed by atoms with Gasteiger partial charge in [-0.15, -0.1) is 0 Å². The summed E-state index contributed by atoms with van der Waals surface area (Å²) in [7, 11) is 0. The molecule has 4 rings (SSSR count). The van der Waals surface area contributed by atoms with Crippen LogP contribution in [0.2, 0.25) is 10.0 Å². The lowest BCUT2D eigenvalue weighted by Crippen LogP contribution is -2.29. The van der Waals surface area contributed by atoms with Gasteiger partial charge in [0.2, 0.25) is 0 Å². The Balaban J connectivity index is 1.78. The number of carbonyl (C=O) groups excluding carboxylic acids is 1. The summed E-state index contributed by atoms with van der Waals surface area (Å²) in [5, 5.41) is 3.86. The first-order valence-electron chi connectivity index (χ1n) is 8.81. The van der Waals surface area contributed by atoms with Crippen LogP contribution in [-0.2, 0) is 0 Å². The number of nitrogens with one attached hydrogen (secondary N) is 1. The van der Waals surface area contributed by atoms with Gasteiger partial charge >= 0.3 is 6.03 Å². The van der Waals surface area contributed by atoms with E-state index in [-0.39, 0.29) is 18.1 Å². The van der Waals surface area contributed by atoms with E-state index >= 15 is 0 Å². The van der Waals surface area contributed by atoms with E-state index in [1.807, 2.05) is 36.4 Å². The molecule has 134 valence electrons. The Morgan fingerprint density at radius 3 is 2.42 bits per heavy atom. The van der Waals surface area contributed by atoms with Gasteiger partial charge in [-0.2, -0.15) is 0 Å². The second kappa shape index (κ2) is 7.29. The van der Waals surface area contributed by atoms with Crippen molar-refractivity contribution in [1.82, 2.24) is 5.32 Å². The van der Waals surface area contributed by atoms with E-state index in [0.717, 1.165) is 18.4 Å². The van der Waals surface area contributed by atoms with E-state index in [4.69, 9.17) is 28.2 Å². The van der Waals surface area contributed by atoms with Gasteiger partial charge in [-0.1, -0.05) is 66.4 Å². The van der Waals surface area contributed by atoms with Crippen molar-refractivity contribution in [3.05, 3.63) is 64.1 Å². The zero-order chi connectivity index (χ0) is 18.1. The van der Waals surface area contributed by atoms with Gasteiger partial charge in [-0.3, -0.25) is 15.2 Å². The lowest BCUT2D eigenvalue weighted by Gasteiger charge is -2.24. The average molecular weight is 388 g/mol. The molecule has 1 aliphatic heterocycles. The van der Waals surface area contributed by atoms with Crippen LogP contribution in [0.5, 0.6) is 0 Å². The van der Waals surface area contributed by atoms with Crippen LogP contribution in [0, 0.1) is 0 Å². The molecule has 2 aromatic carbocycles. The van der Waals surface area contributed by atoms with Crippen LogP contribution >= 0.6 is 23.2 Å². The molecule has 26 heavy (non-hydrogen) atoms. The lowest BCUT2D eigenvalue weighted by atomic mass is 10.0. The Morgan fingerprint density at radius 1 is 1.00 bits per heavy atom. The Bertz CT molecular complexity index is 847. The van der Waals surface area contributed by atoms with Crippen molar-refractivity contribution in [2.45, 2.75) is 37.8 Å². The summed E-state index contributed by atoms with van der Waals surface area (Å²) in [5.41, 5.74) is 1.70. The summed E-state index contributed by atoms with van der Waals surface area (Å²) < 4.78 is 0. The van der Waals surface area contributed by atoms with Crippen LogP contribution in [0.25, 0.3) is 0 Å². The fraction of sp³-hybridized carbons (Fsp3) is 0.300. The topological polar surface area (TPSA) is 44.7 Å². The van der Waals surface area contributed by atoms with E-state index in [1.54, 1.807) is 17.0 Å². The molecule has 2 amide bonds. The van der Waals surface area contributed by atoms with Crippen molar-refractivity contribution in [2.75, 3.05) is 4.90 Å². The van der Waals surface area contributed by atoms with Gasteiger partial charge in [0.25, 0.3) is 0 Å². The Morgan fingerprint density at radius 2 is 1.73 bits per heavy atom. The first-order valence-corrected chi connectivity index (χ1v) is 9.57. The minimum Gasteiger partial charge on any atom is -0.294 e. The third-order valence-electron chi connectivity index (χ3n) is 4.91. The number of rotatable bonds is 3. The highest BCUT2D eigenvalue weighted by atomic mass is 35.5. The predicted molar refractivity (Wildman–Crippen MR) is 106 cm³/mol. The second-order valence-corrected chi connectivity index (χ2v) is 7.48. The Kier molecular flexibility index (Phi) is 4.88. The summed E-state index contributed by atoms with van der Waals surface area (Å²) in [6.07, 6.45) is 4.55. The molecule has 2 aliphatic rings. The maximum Gasteiger partial charge on any atom is 0.328 e. The minimum atomic E-state index is -0.290. The van der Waals surface area contributed by atoms with E-state index in [2.05, 4.69) is 5.32 Å². The van der Waals surface area contributed by atoms with Crippen LogP contribution in [0.4, 0.5) is 10.5 Å². The molecule has 1 heterocycles. The molecule has 0 bridgehead atoms. The molecule has 0 spiro atoms. The SMILES string of the molecule is O=C1NC(=NC2CCCC2)C(c2ccccc2)N1c1ccc(Cl)c(Cl)c1. The number of hydrogen-bond acceptors (Lipinski definition) is 2. The van der Waals surface area contributed by atoms with Crippen LogP contribution in [0.1, 0.15) is 37.3 Å². The third-order valence-corrected chi connectivity index (χ3v) is 5.65. The molecule has 1 unspecified atom stereocenters. The smallest absolute Gasteiger partial charge is 0.294 e. The quantitative estimate of drug-likeness (QED) is 0.730. The van der Waals surface area contributed by atoms with Gasteiger partial charge in [-0.05, 0) is 36.6 Å². The molecule has 1 atom stereocenters. The number of amides is 2. The summed E-state index contributed by atoms with van der Waals surface area (Å²) >= 11 is 12.2. The van der Waals surface area contributed by atoms with Crippen molar-refractivity contribution in [3.8, 4) is 0 Å². The predicted octanol–water partition coefficient (Wildman–Crippen LogP) is 5.61. The molecule has 1 saturated carbocycles. The van der Waals surface area contributed by atoms with E-state index in [1.165, 1.54) is 12.8 Å². The standard InChI is InChI=1S/C20H19Cl2N3O/c21-16-11-10-15(12-17(16)22)25-18(13-6-2-1-3-7-13)19(24-20(25)26)23-14-8-4-5-9-14/h1-3,6-7,10-12,14,18H,4-5,8-9H2,(H,23,24,26). The first-order chi connectivity index (χ1) is 12.6. The largest absolute Gasteiger partial charge is 0.328 e. The monoisotopic (exact) mass is 387 g/mol. The van der Waals surface area contributed by atoms with Crippen molar-refractivity contribution in [1.29, 1.82) is 0 Å². The van der Waals surface area contributed by atoms with Gasteiger partial charge in [0, 0.05) is 5.69 Å². The van der Waals surface area contributed by atoms with Gasteiger partial charge in [0.05, 0.1) is 16.1 Å². The molecule has 0 aromatic heterocycles. The molecule has 0 radical (unpaired) electrons. The highest BCUT2D eigenvalue weighted by molar-refractivity contribution is 6.42. The number of carbonyl (C=O) groups is 1. The van der Waals surface area contributed by atoms with Crippen molar-refractivity contribution in [2.24, 2.45) is 4.99 Å². The zero-order valence-electron chi connectivity index (χ0n) is 14.2. The zero-order valence-corrected chi connectivity index (χ0v) is 15.7. The number of aliphatic imine (C=N–C) groups is 1. The van der Waals surface area contributed by atoms with Gasteiger partial charge < -0.3 is 0 Å². The molecular weight excluding hydrogens is 369 g/mol. The number of halogens is 2. The summed E-state index contributed by atoms with van der Waals surface area (Å²) in [4.78, 5) is 19.4. The molecule has 2 fully saturated rings. The summed E-state index contributed by atoms with van der Waals surface area (Å²) in [6, 6.07) is 15.0. The maximum absolute atomic E-state index is 12.8. The number of anilines is 1. The van der Waals surface area contributed by atoms with Crippen LogP contribution in [0.15, 0.2) is 53.5 Å². The molecule has 1 saturated heterocycles. The van der Waals surface area contributed by atoms with Crippen LogP contribution < -0.4 is 10.2 Å². The fourth-order valence-corrected chi connectivity index (χ4v) is 3.95. The fourth-order valence-electron chi connectivity index (χ4n) is 3.65. The second-order valence-electron chi connectivity index (χ2n) is 6.66. The molecule has 2 aromatic rings. The average Bonchev–Trinajstić information content (AvgIpc) is 3.26. The van der Waals surface area contributed by atoms with E-state index in [9.17, 15) is 4.79 Å².